The van der Waals surface area contributed by atoms with Gasteiger partial charge in [0.2, 0.25) is 0 Å². The number of fused-ring (bicyclic) bond motifs is 1. The number of rotatable bonds is 7. The highest BCUT2D eigenvalue weighted by atomic mass is 16.5. The van der Waals surface area contributed by atoms with Crippen molar-refractivity contribution in [1.82, 2.24) is 0 Å². The second-order valence-electron chi connectivity index (χ2n) is 6.42. The van der Waals surface area contributed by atoms with Crippen molar-refractivity contribution >= 4 is 10.8 Å². The first-order valence-electron chi connectivity index (χ1n) is 7.87. The molecule has 0 aliphatic carbocycles. The predicted octanol–water partition coefficient (Wildman–Crippen LogP) is 4.92. The average Bonchev–Trinajstić information content (AvgIpc) is 2.49. The van der Waals surface area contributed by atoms with Crippen LogP contribution in [0.4, 0.5) is 0 Å². The molecule has 0 fully saturated rings. The fraction of sp³-hybridized carbons (Fsp3) is 0.474. The molecule has 0 aliphatic rings. The van der Waals surface area contributed by atoms with Crippen molar-refractivity contribution in [2.24, 2.45) is 11.8 Å². The molecule has 2 aromatic rings. The van der Waals surface area contributed by atoms with Gasteiger partial charge in [0.25, 0.3) is 0 Å². The maximum Gasteiger partial charge on any atom is 0.161 e. The Morgan fingerprint density at radius 3 is 2.05 bits per heavy atom. The molecule has 0 amide bonds. The lowest BCUT2D eigenvalue weighted by Gasteiger charge is -2.14. The van der Waals surface area contributed by atoms with Crippen molar-refractivity contribution in [2.45, 2.75) is 27.7 Å². The molecule has 2 rings (SSSR count). The van der Waals surface area contributed by atoms with Gasteiger partial charge in [-0.05, 0) is 46.9 Å². The molecule has 3 nitrogen and oxygen atoms in total. The van der Waals surface area contributed by atoms with E-state index in [9.17, 15) is 0 Å². The zero-order valence-corrected chi connectivity index (χ0v) is 14.2. The molecule has 0 saturated heterocycles. The molecule has 0 saturated carbocycles. The summed E-state index contributed by atoms with van der Waals surface area (Å²) in [6.07, 6.45) is 0. The van der Waals surface area contributed by atoms with E-state index in [1.54, 1.807) is 7.11 Å². The molecule has 0 spiro atoms. The normalized spacial score (nSPS) is 11.2. The van der Waals surface area contributed by atoms with E-state index >= 15 is 0 Å². The van der Waals surface area contributed by atoms with Crippen molar-refractivity contribution in [3.63, 3.8) is 0 Å². The van der Waals surface area contributed by atoms with E-state index < -0.39 is 0 Å². The van der Waals surface area contributed by atoms with E-state index in [-0.39, 0.29) is 0 Å². The lowest BCUT2D eigenvalue weighted by atomic mass is 10.1. The predicted molar refractivity (Wildman–Crippen MR) is 91.2 cm³/mol. The van der Waals surface area contributed by atoms with Crippen molar-refractivity contribution in [3.05, 3.63) is 30.3 Å². The molecule has 0 bridgehead atoms. The van der Waals surface area contributed by atoms with Crippen LogP contribution in [-0.4, -0.2) is 20.3 Å². The van der Waals surface area contributed by atoms with Crippen LogP contribution in [0, 0.1) is 11.8 Å². The first-order chi connectivity index (χ1) is 10.5. The first-order valence-corrected chi connectivity index (χ1v) is 7.87. The van der Waals surface area contributed by atoms with Crippen LogP contribution in [0.3, 0.4) is 0 Å². The van der Waals surface area contributed by atoms with Gasteiger partial charge in [0.15, 0.2) is 11.5 Å². The van der Waals surface area contributed by atoms with Crippen LogP contribution in [0.5, 0.6) is 17.2 Å². The van der Waals surface area contributed by atoms with E-state index in [1.807, 2.05) is 24.3 Å². The second kappa shape index (κ2) is 7.39. The fourth-order valence-corrected chi connectivity index (χ4v) is 2.12. The maximum absolute atomic E-state index is 5.85. The van der Waals surface area contributed by atoms with Gasteiger partial charge in [-0.15, -0.1) is 0 Å². The Morgan fingerprint density at radius 2 is 1.41 bits per heavy atom. The molecule has 0 aliphatic heterocycles. The van der Waals surface area contributed by atoms with Crippen LogP contribution >= 0.6 is 0 Å². The molecule has 3 heteroatoms. The Morgan fingerprint density at radius 1 is 0.773 bits per heavy atom. The zero-order valence-electron chi connectivity index (χ0n) is 14.2. The molecule has 0 unspecified atom stereocenters. The molecular weight excluding hydrogens is 276 g/mol. The summed E-state index contributed by atoms with van der Waals surface area (Å²) < 4.78 is 17.1. The lowest BCUT2D eigenvalue weighted by molar-refractivity contribution is 0.257. The Balaban J connectivity index is 2.28. The third kappa shape index (κ3) is 4.30. The standard InChI is InChI=1S/C19H26O3/c1-13(2)11-21-17-7-6-15-9-19(22-12-14(3)4)18(20-5)10-16(15)8-17/h6-10,13-14H,11-12H2,1-5H3. The Labute approximate surface area is 133 Å². The average molecular weight is 302 g/mol. The number of hydrogen-bond acceptors (Lipinski definition) is 3. The molecule has 2 aromatic carbocycles. The summed E-state index contributed by atoms with van der Waals surface area (Å²) in [5, 5.41) is 2.21. The van der Waals surface area contributed by atoms with Gasteiger partial charge in [-0.25, -0.2) is 0 Å². The summed E-state index contributed by atoms with van der Waals surface area (Å²) in [4.78, 5) is 0. The first kappa shape index (κ1) is 16.5. The van der Waals surface area contributed by atoms with E-state index in [0.29, 0.717) is 18.4 Å². The molecule has 0 radical (unpaired) electrons. The van der Waals surface area contributed by atoms with Crippen molar-refractivity contribution in [2.75, 3.05) is 20.3 Å². The van der Waals surface area contributed by atoms with E-state index in [0.717, 1.165) is 34.6 Å². The number of benzene rings is 2. The summed E-state index contributed by atoms with van der Waals surface area (Å²) in [5.74, 6) is 3.43. The van der Waals surface area contributed by atoms with Crippen LogP contribution in [0.2, 0.25) is 0 Å². The largest absolute Gasteiger partial charge is 0.493 e. The smallest absolute Gasteiger partial charge is 0.161 e. The Kier molecular flexibility index (Phi) is 5.53. The van der Waals surface area contributed by atoms with Crippen molar-refractivity contribution in [1.29, 1.82) is 0 Å². The third-order valence-corrected chi connectivity index (χ3v) is 3.25. The van der Waals surface area contributed by atoms with Gasteiger partial charge in [-0.1, -0.05) is 33.8 Å². The topological polar surface area (TPSA) is 27.7 Å². The van der Waals surface area contributed by atoms with Gasteiger partial charge >= 0.3 is 0 Å². The quantitative estimate of drug-likeness (QED) is 0.726. The molecule has 120 valence electrons. The molecule has 0 atom stereocenters. The van der Waals surface area contributed by atoms with Crippen LogP contribution < -0.4 is 14.2 Å². The van der Waals surface area contributed by atoms with Gasteiger partial charge in [0.1, 0.15) is 5.75 Å². The molecule has 0 aromatic heterocycles. The summed E-state index contributed by atoms with van der Waals surface area (Å²) in [5.41, 5.74) is 0. The molecular formula is C19H26O3. The Bertz CT molecular complexity index is 617. The summed E-state index contributed by atoms with van der Waals surface area (Å²) in [6, 6.07) is 10.2. The van der Waals surface area contributed by atoms with E-state index in [2.05, 4.69) is 33.8 Å². The maximum atomic E-state index is 5.85. The van der Waals surface area contributed by atoms with Crippen LogP contribution in [0.25, 0.3) is 10.8 Å². The minimum Gasteiger partial charge on any atom is -0.493 e. The van der Waals surface area contributed by atoms with Gasteiger partial charge < -0.3 is 14.2 Å². The number of hydrogen-bond donors (Lipinski definition) is 0. The fourth-order valence-electron chi connectivity index (χ4n) is 2.12. The zero-order chi connectivity index (χ0) is 16.1. The second-order valence-corrected chi connectivity index (χ2v) is 6.42. The van der Waals surface area contributed by atoms with Crippen LogP contribution in [0.15, 0.2) is 30.3 Å². The highest BCUT2D eigenvalue weighted by Gasteiger charge is 2.09. The molecule has 0 heterocycles. The highest BCUT2D eigenvalue weighted by Crippen LogP contribution is 2.34. The van der Waals surface area contributed by atoms with Gasteiger partial charge in [-0.3, -0.25) is 0 Å². The number of methoxy groups -OCH3 is 1. The summed E-state index contributed by atoms with van der Waals surface area (Å²) >= 11 is 0. The van der Waals surface area contributed by atoms with Gasteiger partial charge in [0, 0.05) is 0 Å². The number of ether oxygens (including phenoxy) is 3. The minimum atomic E-state index is 0.479. The van der Waals surface area contributed by atoms with Crippen LogP contribution in [0.1, 0.15) is 27.7 Å². The van der Waals surface area contributed by atoms with E-state index in [1.165, 1.54) is 0 Å². The van der Waals surface area contributed by atoms with Gasteiger partial charge in [-0.2, -0.15) is 0 Å². The van der Waals surface area contributed by atoms with Gasteiger partial charge in [0.05, 0.1) is 20.3 Å². The van der Waals surface area contributed by atoms with Crippen LogP contribution in [-0.2, 0) is 0 Å². The van der Waals surface area contributed by atoms with Crippen molar-refractivity contribution < 1.29 is 14.2 Å². The Hall–Kier alpha value is -1.90. The lowest BCUT2D eigenvalue weighted by Crippen LogP contribution is -2.05. The monoisotopic (exact) mass is 302 g/mol. The highest BCUT2D eigenvalue weighted by molar-refractivity contribution is 5.87. The summed E-state index contributed by atoms with van der Waals surface area (Å²) in [7, 11) is 1.67. The molecule has 0 N–H and O–H groups in total. The summed E-state index contributed by atoms with van der Waals surface area (Å²) in [6.45, 7) is 9.94. The van der Waals surface area contributed by atoms with Crippen molar-refractivity contribution in [3.8, 4) is 17.2 Å². The molecule has 22 heavy (non-hydrogen) atoms. The van der Waals surface area contributed by atoms with E-state index in [4.69, 9.17) is 14.2 Å². The minimum absolute atomic E-state index is 0.479. The SMILES string of the molecule is COc1cc2cc(OCC(C)C)ccc2cc1OCC(C)C. The third-order valence-electron chi connectivity index (χ3n) is 3.25.